The van der Waals surface area contributed by atoms with E-state index in [0.29, 0.717) is 43.5 Å². The number of aromatic nitrogens is 1. The molecule has 0 spiro atoms. The summed E-state index contributed by atoms with van der Waals surface area (Å²) in [5.74, 6) is 0.388. The van der Waals surface area contributed by atoms with Crippen LogP contribution in [0.25, 0.3) is 11.3 Å². The molecular weight excluding hydrogens is 478 g/mol. The zero-order valence-electron chi connectivity index (χ0n) is 22.1. The number of fused-ring (bicyclic) bond motifs is 1. The number of rotatable bonds is 4. The number of amides is 2. The van der Waals surface area contributed by atoms with Gasteiger partial charge in [-0.15, -0.1) is 0 Å². The van der Waals surface area contributed by atoms with Crippen molar-refractivity contribution in [2.24, 2.45) is 0 Å². The molecule has 0 atom stereocenters. The normalized spacial score (nSPS) is 18.0. The van der Waals surface area contributed by atoms with Crippen LogP contribution in [0.2, 0.25) is 0 Å². The molecule has 0 unspecified atom stereocenters. The van der Waals surface area contributed by atoms with Gasteiger partial charge < -0.3 is 25.2 Å². The monoisotopic (exact) mass is 513 g/mol. The maximum atomic E-state index is 12.5. The number of carbonyl (C=O) groups excluding carboxylic acids is 1. The number of hydrogen-bond acceptors (Lipinski definition) is 6. The van der Waals surface area contributed by atoms with Gasteiger partial charge in [0.2, 0.25) is 0 Å². The molecule has 0 aliphatic carbocycles. The highest BCUT2D eigenvalue weighted by atomic mass is 16.5. The molecular formula is C29H35N7O2. The highest BCUT2D eigenvalue weighted by Crippen LogP contribution is 2.35. The van der Waals surface area contributed by atoms with Crippen molar-refractivity contribution in [3.63, 3.8) is 0 Å². The van der Waals surface area contributed by atoms with Crippen molar-refractivity contribution in [2.45, 2.75) is 45.1 Å². The number of ether oxygens (including phenoxy) is 1. The zero-order chi connectivity index (χ0) is 26.6. The summed E-state index contributed by atoms with van der Waals surface area (Å²) < 4.78 is 5.53. The first-order valence-electron chi connectivity index (χ1n) is 13.4. The molecule has 1 aromatic heterocycles. The minimum atomic E-state index is -0.137. The Hall–Kier alpha value is -3.90. The minimum Gasteiger partial charge on any atom is -0.385 e. The fourth-order valence-corrected chi connectivity index (χ4v) is 5.59. The van der Waals surface area contributed by atoms with Gasteiger partial charge in [-0.1, -0.05) is 6.07 Å². The van der Waals surface area contributed by atoms with E-state index < -0.39 is 0 Å². The zero-order valence-corrected chi connectivity index (χ0v) is 22.1. The van der Waals surface area contributed by atoms with Crippen LogP contribution < -0.4 is 15.5 Å². The Morgan fingerprint density at radius 1 is 1.21 bits per heavy atom. The van der Waals surface area contributed by atoms with Crippen LogP contribution in [-0.2, 0) is 11.2 Å². The molecule has 0 saturated carbocycles. The van der Waals surface area contributed by atoms with Gasteiger partial charge in [0.1, 0.15) is 5.84 Å². The van der Waals surface area contributed by atoms with E-state index in [9.17, 15) is 15.5 Å². The van der Waals surface area contributed by atoms with Crippen molar-refractivity contribution >= 4 is 17.6 Å². The van der Waals surface area contributed by atoms with Crippen LogP contribution in [0.4, 0.5) is 10.5 Å². The van der Waals surface area contributed by atoms with E-state index in [-0.39, 0.29) is 6.03 Å². The highest BCUT2D eigenvalue weighted by Gasteiger charge is 2.31. The molecule has 9 heteroatoms. The predicted octanol–water partition coefficient (Wildman–Crippen LogP) is 3.73. The van der Waals surface area contributed by atoms with Crippen LogP contribution in [0, 0.1) is 23.7 Å². The lowest BCUT2D eigenvalue weighted by atomic mass is 9.93. The largest absolute Gasteiger partial charge is 0.385 e. The number of anilines is 1. The first-order valence-corrected chi connectivity index (χ1v) is 13.4. The van der Waals surface area contributed by atoms with Gasteiger partial charge in [-0.3, -0.25) is 10.4 Å². The summed E-state index contributed by atoms with van der Waals surface area (Å²) in [5.41, 5.74) is 6.94. The summed E-state index contributed by atoms with van der Waals surface area (Å²) in [7, 11) is 1.64. The average Bonchev–Trinajstić information content (AvgIpc) is 2.96. The van der Waals surface area contributed by atoms with Crippen molar-refractivity contribution in [3.05, 3.63) is 58.4 Å². The maximum Gasteiger partial charge on any atom is 0.317 e. The molecule has 0 bridgehead atoms. The van der Waals surface area contributed by atoms with Crippen molar-refractivity contribution < 1.29 is 9.53 Å². The summed E-state index contributed by atoms with van der Waals surface area (Å²) in [6, 6.07) is 12.4. The first kappa shape index (κ1) is 25.7. The minimum absolute atomic E-state index is 0.137. The van der Waals surface area contributed by atoms with Gasteiger partial charge >= 0.3 is 6.03 Å². The number of hydrogen-bond donors (Lipinski definition) is 3. The Kier molecular flexibility index (Phi) is 7.61. The Morgan fingerprint density at radius 2 is 2.03 bits per heavy atom. The first-order chi connectivity index (χ1) is 18.5. The molecule has 4 heterocycles. The molecule has 0 radical (unpaired) electrons. The van der Waals surface area contributed by atoms with E-state index in [2.05, 4.69) is 27.8 Å². The second kappa shape index (κ2) is 11.2. The molecule has 5 rings (SSSR count). The molecule has 1 saturated heterocycles. The van der Waals surface area contributed by atoms with Gasteiger partial charge in [-0.2, -0.15) is 5.26 Å². The van der Waals surface area contributed by atoms with E-state index in [1.807, 2.05) is 36.1 Å². The van der Waals surface area contributed by atoms with Crippen LogP contribution in [0.1, 0.15) is 42.5 Å². The number of nitrogens with one attached hydrogen (secondary N) is 3. The van der Waals surface area contributed by atoms with Crippen LogP contribution in [0.5, 0.6) is 0 Å². The Labute approximate surface area is 224 Å². The smallest absolute Gasteiger partial charge is 0.317 e. The second-order valence-corrected chi connectivity index (χ2v) is 10.1. The van der Waals surface area contributed by atoms with E-state index in [4.69, 9.17) is 4.74 Å². The molecule has 3 aliphatic rings. The number of pyridine rings is 1. The van der Waals surface area contributed by atoms with Crippen molar-refractivity contribution in [1.29, 1.82) is 10.7 Å². The SMILES string of the molecule is CNC(=O)N1CCC(NC2CCOCC2)=C(C(=N)N2CCCc3cc(-c4cccc(C)n4)c(C#N)cc32)C1. The third-order valence-corrected chi connectivity index (χ3v) is 7.62. The molecule has 198 valence electrons. The van der Waals surface area contributed by atoms with Crippen LogP contribution >= 0.6 is 0 Å². The molecule has 1 aromatic carbocycles. The van der Waals surface area contributed by atoms with Gasteiger partial charge in [0.05, 0.1) is 23.9 Å². The van der Waals surface area contributed by atoms with Gasteiger partial charge in [0, 0.05) is 74.0 Å². The van der Waals surface area contributed by atoms with E-state index in [1.54, 1.807) is 11.9 Å². The fourth-order valence-electron chi connectivity index (χ4n) is 5.59. The molecule has 2 aromatic rings. The fraction of sp³-hybridized carbons (Fsp3) is 0.448. The topological polar surface area (TPSA) is 117 Å². The highest BCUT2D eigenvalue weighted by molar-refractivity contribution is 6.09. The number of carbonyl (C=O) groups is 1. The summed E-state index contributed by atoms with van der Waals surface area (Å²) in [4.78, 5) is 20.9. The second-order valence-electron chi connectivity index (χ2n) is 10.1. The quantitative estimate of drug-likeness (QED) is 0.424. The van der Waals surface area contributed by atoms with Crippen molar-refractivity contribution in [2.75, 3.05) is 44.8 Å². The van der Waals surface area contributed by atoms with Crippen LogP contribution in [-0.4, -0.2) is 67.7 Å². The maximum absolute atomic E-state index is 12.5. The number of nitriles is 1. The Morgan fingerprint density at radius 3 is 2.76 bits per heavy atom. The van der Waals surface area contributed by atoms with Gasteiger partial charge in [0.25, 0.3) is 0 Å². The van der Waals surface area contributed by atoms with E-state index in [0.717, 1.165) is 78.4 Å². The van der Waals surface area contributed by atoms with Gasteiger partial charge in [-0.05, 0) is 62.4 Å². The van der Waals surface area contributed by atoms with E-state index in [1.165, 1.54) is 0 Å². The van der Waals surface area contributed by atoms with Crippen LogP contribution in [0.15, 0.2) is 41.6 Å². The lowest BCUT2D eigenvalue weighted by Gasteiger charge is -2.38. The summed E-state index contributed by atoms with van der Waals surface area (Å²) in [5, 5.41) is 25.8. The Bertz CT molecular complexity index is 1310. The lowest BCUT2D eigenvalue weighted by Crippen LogP contribution is -2.48. The third-order valence-electron chi connectivity index (χ3n) is 7.62. The average molecular weight is 514 g/mol. The lowest BCUT2D eigenvalue weighted by molar-refractivity contribution is 0.0798. The molecule has 9 nitrogen and oxygen atoms in total. The van der Waals surface area contributed by atoms with Crippen molar-refractivity contribution in [1.82, 2.24) is 20.5 Å². The summed E-state index contributed by atoms with van der Waals surface area (Å²) in [6.07, 6.45) is 4.30. The van der Waals surface area contributed by atoms with Crippen LogP contribution in [0.3, 0.4) is 0 Å². The number of nitrogens with zero attached hydrogens (tertiary/aromatic N) is 4. The van der Waals surface area contributed by atoms with Crippen molar-refractivity contribution in [3.8, 4) is 17.3 Å². The van der Waals surface area contributed by atoms with Gasteiger partial charge in [-0.25, -0.2) is 4.79 Å². The number of amidine groups is 1. The molecule has 1 fully saturated rings. The number of benzene rings is 1. The molecule has 3 aliphatic heterocycles. The Balaban J connectivity index is 1.51. The summed E-state index contributed by atoms with van der Waals surface area (Å²) >= 11 is 0. The number of urea groups is 1. The standard InChI is InChI=1S/C29H35N7O2/c1-19-5-3-7-25(33-19)23-15-20-6-4-11-36(27(20)16-21(23)17-30)28(31)24-18-35(29(37)32-2)12-8-26(24)34-22-9-13-38-14-10-22/h3,5,7,15-16,22,31,34H,4,6,8-14,18H2,1-2H3,(H,32,37). The summed E-state index contributed by atoms with van der Waals surface area (Å²) in [6.45, 7) is 5.07. The molecule has 38 heavy (non-hydrogen) atoms. The number of aryl methyl sites for hydroxylation is 2. The molecule has 3 N–H and O–H groups in total. The predicted molar refractivity (Wildman–Crippen MR) is 147 cm³/mol. The molecule has 2 amide bonds. The van der Waals surface area contributed by atoms with E-state index >= 15 is 0 Å². The van der Waals surface area contributed by atoms with Gasteiger partial charge in [0.15, 0.2) is 0 Å². The third kappa shape index (κ3) is 5.22.